The van der Waals surface area contributed by atoms with Crippen LogP contribution >= 0.6 is 23.1 Å². The first-order valence-electron chi connectivity index (χ1n) is 6.01. The van der Waals surface area contributed by atoms with Gasteiger partial charge in [0.05, 0.1) is 15.9 Å². The lowest BCUT2D eigenvalue weighted by Gasteiger charge is -2.35. The fourth-order valence-corrected chi connectivity index (χ4v) is 3.60. The van der Waals surface area contributed by atoms with Gasteiger partial charge in [0.25, 0.3) is 5.91 Å². The van der Waals surface area contributed by atoms with E-state index < -0.39 is 9.67 Å². The number of rotatable bonds is 3. The Morgan fingerprint density at radius 2 is 2.20 bits per heavy atom. The molecule has 2 rings (SSSR count). The lowest BCUT2D eigenvalue weighted by Crippen LogP contribution is -2.44. The third-order valence-corrected chi connectivity index (χ3v) is 5.74. The van der Waals surface area contributed by atoms with Crippen molar-refractivity contribution in [3.63, 3.8) is 0 Å². The molecule has 0 radical (unpaired) electrons. The van der Waals surface area contributed by atoms with Gasteiger partial charge in [-0.3, -0.25) is 14.9 Å². The summed E-state index contributed by atoms with van der Waals surface area (Å²) in [7, 11) is 0. The number of nitrogens with zero attached hydrogens (tertiary/aromatic N) is 3. The molecule has 0 spiro atoms. The summed E-state index contributed by atoms with van der Waals surface area (Å²) in [5.74, 6) is -0.184. The Balaban J connectivity index is 2.05. The monoisotopic (exact) mass is 311 g/mol. The highest BCUT2D eigenvalue weighted by Gasteiger charge is 2.36. The first-order chi connectivity index (χ1) is 9.51. The fraction of sp³-hybridized carbons (Fsp3) is 0.500. The Bertz CT molecular complexity index is 571. The van der Waals surface area contributed by atoms with Crippen LogP contribution in [0.2, 0.25) is 0 Å². The van der Waals surface area contributed by atoms with E-state index in [0.717, 1.165) is 11.3 Å². The van der Waals surface area contributed by atoms with Crippen molar-refractivity contribution in [2.75, 3.05) is 19.3 Å². The zero-order chi connectivity index (χ0) is 14.8. The van der Waals surface area contributed by atoms with Crippen molar-refractivity contribution in [2.24, 2.45) is 0 Å². The summed E-state index contributed by atoms with van der Waals surface area (Å²) in [4.78, 5) is 24.4. The number of thiophene rings is 1. The van der Waals surface area contributed by atoms with Gasteiger partial charge in [0.2, 0.25) is 0 Å². The van der Waals surface area contributed by atoms with Gasteiger partial charge < -0.3 is 4.90 Å². The molecule has 0 aliphatic carbocycles. The maximum Gasteiger partial charge on any atom is 0.324 e. The van der Waals surface area contributed by atoms with Crippen LogP contribution < -0.4 is 0 Å². The number of nitriles is 1. The number of likely N-dealkylation sites (tertiary alicyclic amines) is 1. The molecule has 2 heterocycles. The van der Waals surface area contributed by atoms with Crippen molar-refractivity contribution in [3.05, 3.63) is 27.1 Å². The largest absolute Gasteiger partial charge is 0.338 e. The Morgan fingerprint density at radius 3 is 2.65 bits per heavy atom. The Kier molecular flexibility index (Phi) is 4.30. The molecule has 1 aliphatic heterocycles. The van der Waals surface area contributed by atoms with Gasteiger partial charge in [0.15, 0.2) is 0 Å². The second-order valence-electron chi connectivity index (χ2n) is 4.50. The number of amides is 1. The molecule has 6 nitrogen and oxygen atoms in total. The molecule has 1 amide bonds. The maximum absolute atomic E-state index is 12.2. The molecule has 0 unspecified atom stereocenters. The lowest BCUT2D eigenvalue weighted by atomic mass is 9.97. The normalized spacial score (nSPS) is 17.5. The smallest absolute Gasteiger partial charge is 0.324 e. The number of piperidine rings is 1. The number of hydrogen-bond donors (Lipinski definition) is 0. The minimum Gasteiger partial charge on any atom is -0.338 e. The lowest BCUT2D eigenvalue weighted by molar-refractivity contribution is -0.380. The number of nitro groups is 1. The van der Waals surface area contributed by atoms with Crippen molar-refractivity contribution in [1.82, 2.24) is 4.90 Å². The van der Waals surface area contributed by atoms with Gasteiger partial charge in [0.1, 0.15) is 4.75 Å². The van der Waals surface area contributed by atoms with Crippen molar-refractivity contribution in [3.8, 4) is 6.07 Å². The molecule has 0 bridgehead atoms. The van der Waals surface area contributed by atoms with E-state index >= 15 is 0 Å². The van der Waals surface area contributed by atoms with Crippen molar-refractivity contribution < 1.29 is 9.72 Å². The molecule has 0 atom stereocenters. The third kappa shape index (κ3) is 2.78. The molecule has 1 aromatic rings. The van der Waals surface area contributed by atoms with Crippen LogP contribution in [0.3, 0.4) is 0 Å². The van der Waals surface area contributed by atoms with E-state index in [0.29, 0.717) is 30.8 Å². The van der Waals surface area contributed by atoms with Gasteiger partial charge >= 0.3 is 5.00 Å². The number of thioether (sulfide) groups is 1. The van der Waals surface area contributed by atoms with Crippen LogP contribution in [0.15, 0.2) is 12.1 Å². The van der Waals surface area contributed by atoms with Crippen LogP contribution in [-0.2, 0) is 0 Å². The maximum atomic E-state index is 12.2. The van der Waals surface area contributed by atoms with Gasteiger partial charge in [-0.05, 0) is 25.2 Å². The van der Waals surface area contributed by atoms with Gasteiger partial charge in [-0.1, -0.05) is 11.3 Å². The van der Waals surface area contributed by atoms with Crippen LogP contribution in [0.5, 0.6) is 0 Å². The second kappa shape index (κ2) is 5.81. The third-order valence-electron chi connectivity index (χ3n) is 3.44. The minimum absolute atomic E-state index is 0.0270. The molecular formula is C12H13N3O3S2. The summed E-state index contributed by atoms with van der Waals surface area (Å²) in [5, 5.41) is 19.8. The predicted octanol–water partition coefficient (Wildman–Crippen LogP) is 2.52. The van der Waals surface area contributed by atoms with Crippen LogP contribution in [0, 0.1) is 21.4 Å². The summed E-state index contributed by atoms with van der Waals surface area (Å²) in [6.07, 6.45) is 3.16. The summed E-state index contributed by atoms with van der Waals surface area (Å²) in [6, 6.07) is 5.17. The Hall–Kier alpha value is -1.59. The van der Waals surface area contributed by atoms with Gasteiger partial charge in [-0.15, -0.1) is 11.8 Å². The standard InChI is InChI=1S/C12H13N3O3S2/c1-19-12(8-13)4-6-14(7-5-12)11(16)9-2-3-10(20-9)15(17)18/h2-3H,4-7H2,1H3. The Labute approximate surface area is 124 Å². The topological polar surface area (TPSA) is 87.2 Å². The molecule has 1 aliphatic rings. The number of hydrogen-bond acceptors (Lipinski definition) is 6. The number of carbonyl (C=O) groups excluding carboxylic acids is 1. The van der Waals surface area contributed by atoms with Crippen LogP contribution in [0.25, 0.3) is 0 Å². The van der Waals surface area contributed by atoms with E-state index in [1.165, 1.54) is 23.9 Å². The predicted molar refractivity (Wildman–Crippen MR) is 78.0 cm³/mol. The molecule has 8 heteroatoms. The van der Waals surface area contributed by atoms with E-state index in [4.69, 9.17) is 0 Å². The van der Waals surface area contributed by atoms with Crippen LogP contribution in [-0.4, -0.2) is 39.8 Å². The SMILES string of the molecule is CSC1(C#N)CCN(C(=O)c2ccc([N+](=O)[O-])s2)CC1. The van der Waals surface area contributed by atoms with E-state index in [9.17, 15) is 20.2 Å². The minimum atomic E-state index is -0.494. The summed E-state index contributed by atoms with van der Waals surface area (Å²) < 4.78 is -0.405. The average molecular weight is 311 g/mol. The highest BCUT2D eigenvalue weighted by Crippen LogP contribution is 2.35. The summed E-state index contributed by atoms with van der Waals surface area (Å²) in [5.41, 5.74) is 0. The van der Waals surface area contributed by atoms with E-state index in [1.807, 2.05) is 6.26 Å². The first-order valence-corrected chi connectivity index (χ1v) is 8.05. The van der Waals surface area contributed by atoms with E-state index in [2.05, 4.69) is 6.07 Å². The van der Waals surface area contributed by atoms with Crippen molar-refractivity contribution in [1.29, 1.82) is 5.26 Å². The zero-order valence-electron chi connectivity index (χ0n) is 10.9. The van der Waals surface area contributed by atoms with E-state index in [-0.39, 0.29) is 10.9 Å². The molecule has 0 saturated carbocycles. The molecule has 106 valence electrons. The first kappa shape index (κ1) is 14.8. The molecular weight excluding hydrogens is 298 g/mol. The van der Waals surface area contributed by atoms with Crippen LogP contribution in [0.1, 0.15) is 22.5 Å². The average Bonchev–Trinajstić information content (AvgIpc) is 2.96. The zero-order valence-corrected chi connectivity index (χ0v) is 12.5. The highest BCUT2D eigenvalue weighted by atomic mass is 32.2. The molecule has 1 aromatic heterocycles. The summed E-state index contributed by atoms with van der Waals surface area (Å²) >= 11 is 2.42. The second-order valence-corrected chi connectivity index (χ2v) is 6.75. The molecule has 20 heavy (non-hydrogen) atoms. The number of carbonyl (C=O) groups is 1. The molecule has 1 saturated heterocycles. The van der Waals surface area contributed by atoms with E-state index in [1.54, 1.807) is 4.90 Å². The highest BCUT2D eigenvalue weighted by molar-refractivity contribution is 8.00. The van der Waals surface area contributed by atoms with Crippen molar-refractivity contribution >= 4 is 34.0 Å². The molecule has 1 fully saturated rings. The summed E-state index contributed by atoms with van der Waals surface area (Å²) in [6.45, 7) is 1.03. The molecule has 0 aromatic carbocycles. The van der Waals surface area contributed by atoms with Gasteiger partial charge in [-0.2, -0.15) is 5.26 Å². The quantitative estimate of drug-likeness (QED) is 0.632. The fourth-order valence-electron chi connectivity index (χ4n) is 2.13. The van der Waals surface area contributed by atoms with Gasteiger partial charge in [0, 0.05) is 19.2 Å². The van der Waals surface area contributed by atoms with Crippen LogP contribution in [0.4, 0.5) is 5.00 Å². The van der Waals surface area contributed by atoms with Gasteiger partial charge in [-0.25, -0.2) is 0 Å². The van der Waals surface area contributed by atoms with Crippen molar-refractivity contribution in [2.45, 2.75) is 17.6 Å². The molecule has 0 N–H and O–H groups in total. The Morgan fingerprint density at radius 1 is 1.55 bits per heavy atom.